The Morgan fingerprint density at radius 3 is 2.82 bits per heavy atom. The fourth-order valence-electron chi connectivity index (χ4n) is 2.36. The van der Waals surface area contributed by atoms with E-state index < -0.39 is 0 Å². The number of aromatic nitrogens is 1. The maximum absolute atomic E-state index is 7.41. The molecule has 0 aromatic carbocycles. The highest BCUT2D eigenvalue weighted by Crippen LogP contribution is 2.49. The highest BCUT2D eigenvalue weighted by atomic mass is 32.1. The van der Waals surface area contributed by atoms with Crippen molar-refractivity contribution in [2.75, 3.05) is 13.6 Å². The third-order valence-electron chi connectivity index (χ3n) is 3.23. The maximum Gasteiger partial charge on any atom is 0.0911 e. The zero-order chi connectivity index (χ0) is 12.5. The molecule has 94 valence electrons. The number of aryl methyl sites for hydroxylation is 1. The molecule has 1 aliphatic carbocycles. The Morgan fingerprint density at radius 1 is 1.65 bits per heavy atom. The van der Waals surface area contributed by atoms with Crippen LogP contribution in [0.4, 0.5) is 0 Å². The molecule has 0 atom stereocenters. The van der Waals surface area contributed by atoms with E-state index in [0.29, 0.717) is 5.84 Å². The van der Waals surface area contributed by atoms with Gasteiger partial charge in [-0.25, -0.2) is 4.98 Å². The highest BCUT2D eigenvalue weighted by molar-refractivity contribution is 7.09. The largest absolute Gasteiger partial charge is 0.388 e. The smallest absolute Gasteiger partial charge is 0.0911 e. The van der Waals surface area contributed by atoms with Crippen LogP contribution in [0.2, 0.25) is 0 Å². The molecule has 0 aliphatic heterocycles. The van der Waals surface area contributed by atoms with Gasteiger partial charge in [0.1, 0.15) is 0 Å². The van der Waals surface area contributed by atoms with Crippen LogP contribution in [0.3, 0.4) is 0 Å². The second-order valence-corrected chi connectivity index (χ2v) is 6.29. The van der Waals surface area contributed by atoms with Crippen LogP contribution in [0.1, 0.15) is 30.0 Å². The average molecular weight is 252 g/mol. The lowest BCUT2D eigenvalue weighted by Crippen LogP contribution is -2.29. The van der Waals surface area contributed by atoms with E-state index in [4.69, 9.17) is 11.1 Å². The van der Waals surface area contributed by atoms with Crippen LogP contribution < -0.4 is 5.73 Å². The Labute approximate surface area is 106 Å². The number of rotatable bonds is 6. The second kappa shape index (κ2) is 4.74. The first-order valence-corrected chi connectivity index (χ1v) is 6.80. The molecule has 3 N–H and O–H groups in total. The fourth-order valence-corrected chi connectivity index (χ4v) is 2.96. The monoisotopic (exact) mass is 252 g/mol. The quantitative estimate of drug-likeness (QED) is 0.601. The summed E-state index contributed by atoms with van der Waals surface area (Å²) >= 11 is 1.70. The highest BCUT2D eigenvalue weighted by Gasteiger charge is 2.43. The van der Waals surface area contributed by atoms with Crippen molar-refractivity contribution in [3.05, 3.63) is 16.1 Å². The minimum Gasteiger partial charge on any atom is -0.388 e. The standard InChI is InChI=1S/C12H20N4S/c1-9-15-10(7-17-9)6-16(2)8-12(3-4-12)5-11(13)14/h7H,3-6,8H2,1-2H3,(H3,13,14). The van der Waals surface area contributed by atoms with Crippen LogP contribution >= 0.6 is 11.3 Å². The van der Waals surface area contributed by atoms with Gasteiger partial charge in [-0.2, -0.15) is 0 Å². The normalized spacial score (nSPS) is 17.4. The summed E-state index contributed by atoms with van der Waals surface area (Å²) in [7, 11) is 2.12. The lowest BCUT2D eigenvalue weighted by molar-refractivity contribution is 0.257. The average Bonchev–Trinajstić information content (AvgIpc) is 2.80. The molecule has 1 heterocycles. The molecule has 0 radical (unpaired) electrons. The molecule has 1 saturated carbocycles. The summed E-state index contributed by atoms with van der Waals surface area (Å²) in [6, 6.07) is 0. The Balaban J connectivity index is 1.85. The molecule has 0 spiro atoms. The summed E-state index contributed by atoms with van der Waals surface area (Å²) in [5.41, 5.74) is 6.93. The summed E-state index contributed by atoms with van der Waals surface area (Å²) in [5.74, 6) is 0.320. The van der Waals surface area contributed by atoms with Gasteiger partial charge in [0.05, 0.1) is 16.5 Å². The van der Waals surface area contributed by atoms with Crippen molar-refractivity contribution < 1.29 is 0 Å². The number of hydrogen-bond acceptors (Lipinski definition) is 4. The van der Waals surface area contributed by atoms with Crippen LogP contribution in [-0.4, -0.2) is 29.3 Å². The molecular formula is C12H20N4S. The third kappa shape index (κ3) is 3.51. The summed E-state index contributed by atoms with van der Waals surface area (Å²) in [5, 5.41) is 10.7. The Bertz CT molecular complexity index is 408. The molecule has 0 saturated heterocycles. The van der Waals surface area contributed by atoms with Crippen LogP contribution in [0.25, 0.3) is 0 Å². The fraction of sp³-hybridized carbons (Fsp3) is 0.667. The molecule has 1 aromatic heterocycles. The van der Waals surface area contributed by atoms with Gasteiger partial charge in [-0.3, -0.25) is 10.3 Å². The second-order valence-electron chi connectivity index (χ2n) is 5.23. The van der Waals surface area contributed by atoms with Gasteiger partial charge >= 0.3 is 0 Å². The molecule has 4 nitrogen and oxygen atoms in total. The summed E-state index contributed by atoms with van der Waals surface area (Å²) in [4.78, 5) is 6.77. The Kier molecular flexibility index (Phi) is 3.49. The van der Waals surface area contributed by atoms with Crippen molar-refractivity contribution in [3.63, 3.8) is 0 Å². The summed E-state index contributed by atoms with van der Waals surface area (Å²) in [6.45, 7) is 3.94. The Morgan fingerprint density at radius 2 is 2.35 bits per heavy atom. The van der Waals surface area contributed by atoms with E-state index in [9.17, 15) is 0 Å². The van der Waals surface area contributed by atoms with Crippen LogP contribution in [0.5, 0.6) is 0 Å². The minimum absolute atomic E-state index is 0.283. The van der Waals surface area contributed by atoms with Crippen molar-refractivity contribution in [2.24, 2.45) is 11.1 Å². The molecular weight excluding hydrogens is 232 g/mol. The van der Waals surface area contributed by atoms with Gasteiger partial charge < -0.3 is 5.73 Å². The van der Waals surface area contributed by atoms with E-state index in [1.165, 1.54) is 12.8 Å². The van der Waals surface area contributed by atoms with Crippen molar-refractivity contribution in [3.8, 4) is 0 Å². The van der Waals surface area contributed by atoms with Gasteiger partial charge in [0, 0.05) is 24.9 Å². The van der Waals surface area contributed by atoms with E-state index in [0.717, 1.165) is 30.2 Å². The molecule has 0 bridgehead atoms. The molecule has 0 unspecified atom stereocenters. The van der Waals surface area contributed by atoms with Crippen molar-refractivity contribution >= 4 is 17.2 Å². The van der Waals surface area contributed by atoms with Gasteiger partial charge in [-0.15, -0.1) is 11.3 Å². The van der Waals surface area contributed by atoms with Gasteiger partial charge in [0.25, 0.3) is 0 Å². The van der Waals surface area contributed by atoms with Crippen LogP contribution in [0, 0.1) is 17.7 Å². The molecule has 0 amide bonds. The van der Waals surface area contributed by atoms with Gasteiger partial charge in [-0.05, 0) is 32.2 Å². The van der Waals surface area contributed by atoms with E-state index in [1.54, 1.807) is 11.3 Å². The molecule has 1 aliphatic rings. The van der Waals surface area contributed by atoms with Crippen LogP contribution in [-0.2, 0) is 6.54 Å². The lowest BCUT2D eigenvalue weighted by atomic mass is 10.0. The van der Waals surface area contributed by atoms with Crippen molar-refractivity contribution in [2.45, 2.75) is 32.7 Å². The first kappa shape index (κ1) is 12.5. The number of nitrogens with zero attached hydrogens (tertiary/aromatic N) is 2. The predicted octanol–water partition coefficient (Wildman–Crippen LogP) is 1.99. The van der Waals surface area contributed by atoms with Crippen molar-refractivity contribution in [1.82, 2.24) is 9.88 Å². The summed E-state index contributed by atoms with van der Waals surface area (Å²) < 4.78 is 0. The first-order valence-electron chi connectivity index (χ1n) is 5.92. The van der Waals surface area contributed by atoms with E-state index >= 15 is 0 Å². The third-order valence-corrected chi connectivity index (χ3v) is 4.05. The number of nitrogens with two attached hydrogens (primary N) is 1. The predicted molar refractivity (Wildman–Crippen MR) is 71.4 cm³/mol. The molecule has 1 aromatic rings. The summed E-state index contributed by atoms with van der Waals surface area (Å²) in [6.07, 6.45) is 3.15. The van der Waals surface area contributed by atoms with E-state index in [2.05, 4.69) is 22.3 Å². The lowest BCUT2D eigenvalue weighted by Gasteiger charge is -2.22. The van der Waals surface area contributed by atoms with E-state index in [1.807, 2.05) is 6.92 Å². The number of amidine groups is 1. The number of thiazole rings is 1. The zero-order valence-electron chi connectivity index (χ0n) is 10.5. The number of nitrogens with one attached hydrogen (secondary N) is 1. The Hall–Kier alpha value is -0.940. The molecule has 5 heteroatoms. The van der Waals surface area contributed by atoms with Crippen molar-refractivity contribution in [1.29, 1.82) is 5.41 Å². The molecule has 1 fully saturated rings. The molecule has 17 heavy (non-hydrogen) atoms. The SMILES string of the molecule is Cc1nc(CN(C)CC2(CC(=N)N)CC2)cs1. The van der Waals surface area contributed by atoms with Gasteiger partial charge in [0.15, 0.2) is 0 Å². The molecule has 2 rings (SSSR count). The topological polar surface area (TPSA) is 66.0 Å². The number of hydrogen-bond donors (Lipinski definition) is 2. The minimum atomic E-state index is 0.283. The zero-order valence-corrected chi connectivity index (χ0v) is 11.3. The van der Waals surface area contributed by atoms with Crippen LogP contribution in [0.15, 0.2) is 5.38 Å². The van der Waals surface area contributed by atoms with Gasteiger partial charge in [0.2, 0.25) is 0 Å². The first-order chi connectivity index (χ1) is 7.99. The van der Waals surface area contributed by atoms with E-state index in [-0.39, 0.29) is 5.41 Å². The maximum atomic E-state index is 7.41. The van der Waals surface area contributed by atoms with Gasteiger partial charge in [-0.1, -0.05) is 0 Å².